The van der Waals surface area contributed by atoms with Gasteiger partial charge in [-0.05, 0) is 25.0 Å². The molecule has 2 heteroatoms. The molecule has 0 radical (unpaired) electrons. The van der Waals surface area contributed by atoms with Gasteiger partial charge in [0.25, 0.3) is 0 Å². The first-order valence-electron chi connectivity index (χ1n) is 5.65. The summed E-state index contributed by atoms with van der Waals surface area (Å²) in [6.07, 6.45) is 0. The summed E-state index contributed by atoms with van der Waals surface area (Å²) < 4.78 is 0. The highest BCUT2D eigenvalue weighted by atomic mass is 16.2. The first kappa shape index (κ1) is 12.8. The fourth-order valence-corrected chi connectivity index (χ4v) is 1.48. The van der Waals surface area contributed by atoms with E-state index in [4.69, 9.17) is 0 Å². The van der Waals surface area contributed by atoms with Crippen LogP contribution in [0.15, 0.2) is 18.2 Å². The normalized spacial score (nSPS) is 11.3. The fraction of sp³-hybridized carbons (Fsp3) is 0.500. The van der Waals surface area contributed by atoms with E-state index in [2.05, 4.69) is 37.4 Å². The molecule has 0 heterocycles. The predicted octanol–water partition coefficient (Wildman–Crippen LogP) is 2.97. The molecule has 0 saturated heterocycles. The Balaban J connectivity index is 2.65. The third kappa shape index (κ3) is 3.37. The van der Waals surface area contributed by atoms with E-state index in [9.17, 15) is 4.79 Å². The number of carbonyl (C=O) groups excluding carboxylic acids is 1. The van der Waals surface area contributed by atoms with Gasteiger partial charge in [-0.2, -0.15) is 0 Å². The first-order chi connectivity index (χ1) is 7.30. The number of rotatable bonds is 2. The number of benzene rings is 1. The van der Waals surface area contributed by atoms with Crippen LogP contribution in [0.5, 0.6) is 0 Å². The lowest BCUT2D eigenvalue weighted by molar-refractivity contribution is -0.128. The molecular weight excluding hydrogens is 198 g/mol. The Bertz CT molecular complexity index is 388. The van der Waals surface area contributed by atoms with E-state index in [1.807, 2.05) is 20.8 Å². The molecule has 2 nitrogen and oxygen atoms in total. The zero-order chi connectivity index (χ0) is 12.3. The lowest BCUT2D eigenvalue weighted by Gasteiger charge is -2.18. The minimum Gasteiger partial charge on any atom is -0.352 e. The van der Waals surface area contributed by atoms with Crippen LogP contribution < -0.4 is 5.32 Å². The predicted molar refractivity (Wildman–Crippen MR) is 67.2 cm³/mol. The van der Waals surface area contributed by atoms with Crippen molar-refractivity contribution < 1.29 is 4.79 Å². The van der Waals surface area contributed by atoms with E-state index in [-0.39, 0.29) is 11.3 Å². The molecule has 1 rings (SSSR count). The van der Waals surface area contributed by atoms with Gasteiger partial charge in [-0.25, -0.2) is 0 Å². The van der Waals surface area contributed by atoms with Gasteiger partial charge in [-0.3, -0.25) is 4.79 Å². The minimum absolute atomic E-state index is 0.0903. The van der Waals surface area contributed by atoms with Crippen LogP contribution in [0.25, 0.3) is 0 Å². The van der Waals surface area contributed by atoms with Crippen LogP contribution >= 0.6 is 0 Å². The highest BCUT2D eigenvalue weighted by Crippen LogP contribution is 2.14. The number of amides is 1. The van der Waals surface area contributed by atoms with E-state index in [0.717, 1.165) is 0 Å². The molecule has 1 N–H and O–H groups in total. The van der Waals surface area contributed by atoms with Gasteiger partial charge >= 0.3 is 0 Å². The maximum atomic E-state index is 11.7. The molecule has 0 fully saturated rings. The Morgan fingerprint density at radius 2 is 1.88 bits per heavy atom. The number of hydrogen-bond donors (Lipinski definition) is 1. The molecule has 0 unspecified atom stereocenters. The zero-order valence-corrected chi connectivity index (χ0v) is 10.8. The molecule has 0 aliphatic heterocycles. The number of aryl methyl sites for hydroxylation is 2. The average Bonchev–Trinajstić information content (AvgIpc) is 2.14. The Labute approximate surface area is 98.1 Å². The molecular formula is C14H21NO. The maximum Gasteiger partial charge on any atom is 0.225 e. The molecule has 0 aliphatic rings. The van der Waals surface area contributed by atoms with Gasteiger partial charge < -0.3 is 5.32 Å². The van der Waals surface area contributed by atoms with Crippen molar-refractivity contribution in [1.29, 1.82) is 0 Å². The van der Waals surface area contributed by atoms with Gasteiger partial charge in [-0.1, -0.05) is 44.5 Å². The van der Waals surface area contributed by atoms with E-state index >= 15 is 0 Å². The summed E-state index contributed by atoms with van der Waals surface area (Å²) in [5.41, 5.74) is 3.35. The van der Waals surface area contributed by atoms with Crippen LogP contribution in [0.4, 0.5) is 0 Å². The molecule has 0 saturated carbocycles. The quantitative estimate of drug-likeness (QED) is 0.814. The summed E-state index contributed by atoms with van der Waals surface area (Å²) in [6, 6.07) is 6.29. The number of nitrogens with one attached hydrogen (secondary N) is 1. The average molecular weight is 219 g/mol. The Morgan fingerprint density at radius 3 is 2.38 bits per heavy atom. The highest BCUT2D eigenvalue weighted by molar-refractivity contribution is 5.81. The van der Waals surface area contributed by atoms with Crippen LogP contribution in [0.3, 0.4) is 0 Å². The van der Waals surface area contributed by atoms with Crippen LogP contribution in [0, 0.1) is 19.3 Å². The number of hydrogen-bond acceptors (Lipinski definition) is 1. The van der Waals surface area contributed by atoms with Gasteiger partial charge in [-0.15, -0.1) is 0 Å². The molecule has 0 spiro atoms. The first-order valence-corrected chi connectivity index (χ1v) is 5.65. The van der Waals surface area contributed by atoms with Gasteiger partial charge in [0.1, 0.15) is 0 Å². The minimum atomic E-state index is -0.321. The molecule has 0 aliphatic carbocycles. The summed E-state index contributed by atoms with van der Waals surface area (Å²) in [6.45, 7) is 10.5. The summed E-state index contributed by atoms with van der Waals surface area (Å²) in [5, 5.41) is 2.96. The molecule has 16 heavy (non-hydrogen) atoms. The van der Waals surface area contributed by atoms with Crippen LogP contribution in [-0.4, -0.2) is 5.91 Å². The third-order valence-corrected chi connectivity index (χ3v) is 2.62. The van der Waals surface area contributed by atoms with E-state index in [0.29, 0.717) is 6.54 Å². The van der Waals surface area contributed by atoms with Crippen molar-refractivity contribution in [2.24, 2.45) is 5.41 Å². The topological polar surface area (TPSA) is 29.1 Å². The Hall–Kier alpha value is -1.31. The SMILES string of the molecule is Cc1ccc(CNC(=O)C(C)(C)C)c(C)c1. The lowest BCUT2D eigenvalue weighted by Crippen LogP contribution is -2.34. The van der Waals surface area contributed by atoms with Gasteiger partial charge in [0, 0.05) is 12.0 Å². The van der Waals surface area contributed by atoms with Crippen molar-refractivity contribution in [2.45, 2.75) is 41.2 Å². The molecule has 1 amide bonds. The summed E-state index contributed by atoms with van der Waals surface area (Å²) in [4.78, 5) is 11.7. The molecule has 0 bridgehead atoms. The van der Waals surface area contributed by atoms with Gasteiger partial charge in [0.15, 0.2) is 0 Å². The maximum absolute atomic E-state index is 11.7. The summed E-state index contributed by atoms with van der Waals surface area (Å²) in [5.74, 6) is 0.0903. The van der Waals surface area contributed by atoms with E-state index < -0.39 is 0 Å². The van der Waals surface area contributed by atoms with Crippen molar-refractivity contribution in [2.75, 3.05) is 0 Å². The second-order valence-corrected chi connectivity index (χ2v) is 5.36. The Kier molecular flexibility index (Phi) is 3.74. The smallest absolute Gasteiger partial charge is 0.225 e. The van der Waals surface area contributed by atoms with Crippen LogP contribution in [0.1, 0.15) is 37.5 Å². The highest BCUT2D eigenvalue weighted by Gasteiger charge is 2.20. The second kappa shape index (κ2) is 4.69. The number of carbonyl (C=O) groups is 1. The van der Waals surface area contributed by atoms with Crippen molar-refractivity contribution in [3.05, 3.63) is 34.9 Å². The lowest BCUT2D eigenvalue weighted by atomic mass is 9.95. The Morgan fingerprint density at radius 1 is 1.25 bits per heavy atom. The van der Waals surface area contributed by atoms with Crippen molar-refractivity contribution in [3.8, 4) is 0 Å². The van der Waals surface area contributed by atoms with Crippen molar-refractivity contribution >= 4 is 5.91 Å². The third-order valence-electron chi connectivity index (χ3n) is 2.62. The molecule has 0 aromatic heterocycles. The molecule has 1 aromatic rings. The zero-order valence-electron chi connectivity index (χ0n) is 10.8. The molecule has 1 aromatic carbocycles. The summed E-state index contributed by atoms with van der Waals surface area (Å²) in [7, 11) is 0. The van der Waals surface area contributed by atoms with Crippen LogP contribution in [0.2, 0.25) is 0 Å². The second-order valence-electron chi connectivity index (χ2n) is 5.36. The fourth-order valence-electron chi connectivity index (χ4n) is 1.48. The molecule has 88 valence electrons. The summed E-state index contributed by atoms with van der Waals surface area (Å²) >= 11 is 0. The van der Waals surface area contributed by atoms with Gasteiger partial charge in [0.2, 0.25) is 5.91 Å². The largest absolute Gasteiger partial charge is 0.352 e. The standard InChI is InChI=1S/C14H21NO/c1-10-6-7-12(11(2)8-10)9-15-13(16)14(3,4)5/h6-8H,9H2,1-5H3,(H,15,16). The van der Waals surface area contributed by atoms with E-state index in [1.165, 1.54) is 16.7 Å². The van der Waals surface area contributed by atoms with E-state index in [1.54, 1.807) is 0 Å². The monoisotopic (exact) mass is 219 g/mol. The van der Waals surface area contributed by atoms with Gasteiger partial charge in [0.05, 0.1) is 0 Å². The van der Waals surface area contributed by atoms with Crippen molar-refractivity contribution in [1.82, 2.24) is 5.32 Å². The molecule has 0 atom stereocenters. The van der Waals surface area contributed by atoms with Crippen molar-refractivity contribution in [3.63, 3.8) is 0 Å². The van der Waals surface area contributed by atoms with Crippen LogP contribution in [-0.2, 0) is 11.3 Å².